The van der Waals surface area contributed by atoms with Crippen LogP contribution in [0.25, 0.3) is 0 Å². The Bertz CT molecular complexity index is 210. The summed E-state index contributed by atoms with van der Waals surface area (Å²) in [5, 5.41) is 0. The molecular formula is C13H27F2N. The van der Waals surface area contributed by atoms with Crippen LogP contribution in [0.5, 0.6) is 0 Å². The molecule has 0 saturated carbocycles. The van der Waals surface area contributed by atoms with Crippen molar-refractivity contribution in [3.63, 3.8) is 0 Å². The average molecular weight is 235 g/mol. The van der Waals surface area contributed by atoms with Gasteiger partial charge in [-0.15, -0.1) is 0 Å². The van der Waals surface area contributed by atoms with Gasteiger partial charge in [-0.3, -0.25) is 4.90 Å². The van der Waals surface area contributed by atoms with Gasteiger partial charge in [-0.1, -0.05) is 34.6 Å². The lowest BCUT2D eigenvalue weighted by Gasteiger charge is -2.30. The van der Waals surface area contributed by atoms with Crippen molar-refractivity contribution >= 4 is 0 Å². The van der Waals surface area contributed by atoms with Crippen LogP contribution in [0, 0.1) is 0 Å². The minimum Gasteiger partial charge on any atom is -0.297 e. The third-order valence-corrected chi connectivity index (χ3v) is 2.97. The van der Waals surface area contributed by atoms with Crippen molar-refractivity contribution in [1.29, 1.82) is 0 Å². The van der Waals surface area contributed by atoms with E-state index in [-0.39, 0.29) is 5.54 Å². The fourth-order valence-corrected chi connectivity index (χ4v) is 1.65. The van der Waals surface area contributed by atoms with Gasteiger partial charge in [-0.2, -0.15) is 8.78 Å². The van der Waals surface area contributed by atoms with Crippen LogP contribution in [0.2, 0.25) is 0 Å². The van der Waals surface area contributed by atoms with E-state index in [1.807, 2.05) is 53.5 Å². The molecule has 0 N–H and O–H groups in total. The van der Waals surface area contributed by atoms with E-state index in [4.69, 9.17) is 0 Å². The van der Waals surface area contributed by atoms with E-state index in [0.717, 1.165) is 6.42 Å². The first-order chi connectivity index (χ1) is 7.49. The van der Waals surface area contributed by atoms with Crippen LogP contribution in [0.1, 0.15) is 54.4 Å². The van der Waals surface area contributed by atoms with Gasteiger partial charge in [0.25, 0.3) is 6.08 Å². The quantitative estimate of drug-likeness (QED) is 0.637. The van der Waals surface area contributed by atoms with Crippen LogP contribution in [0.3, 0.4) is 0 Å². The van der Waals surface area contributed by atoms with Crippen LogP contribution in [-0.4, -0.2) is 24.0 Å². The Morgan fingerprint density at radius 2 is 1.69 bits per heavy atom. The highest BCUT2D eigenvalue weighted by molar-refractivity contribution is 5.17. The maximum atomic E-state index is 12.2. The van der Waals surface area contributed by atoms with Crippen molar-refractivity contribution in [2.24, 2.45) is 0 Å². The molecule has 0 aliphatic carbocycles. The third-order valence-electron chi connectivity index (χ3n) is 2.97. The Hall–Kier alpha value is -0.440. The summed E-state index contributed by atoms with van der Waals surface area (Å²) < 4.78 is 24.5. The molecule has 0 unspecified atom stereocenters. The van der Waals surface area contributed by atoms with Crippen molar-refractivity contribution in [2.75, 3.05) is 13.6 Å². The number of nitrogens with zero attached hydrogens (tertiary/aromatic N) is 1. The molecule has 1 atom stereocenters. The first-order valence-electron chi connectivity index (χ1n) is 6.24. The van der Waals surface area contributed by atoms with Crippen LogP contribution in [-0.2, 0) is 0 Å². The largest absolute Gasteiger partial charge is 0.297 e. The Kier molecular flexibility index (Phi) is 9.73. The zero-order chi connectivity index (χ0) is 13.4. The molecule has 3 heteroatoms. The van der Waals surface area contributed by atoms with Crippen molar-refractivity contribution in [3.05, 3.63) is 11.7 Å². The molecule has 0 aromatic carbocycles. The first-order valence-corrected chi connectivity index (χ1v) is 6.24. The van der Waals surface area contributed by atoms with E-state index in [0.29, 0.717) is 18.5 Å². The fourth-order valence-electron chi connectivity index (χ4n) is 1.65. The van der Waals surface area contributed by atoms with E-state index in [9.17, 15) is 8.78 Å². The van der Waals surface area contributed by atoms with Gasteiger partial charge in [0.05, 0.1) is 0 Å². The molecule has 16 heavy (non-hydrogen) atoms. The summed E-state index contributed by atoms with van der Waals surface area (Å²) in [6.45, 7) is 12.5. The molecule has 1 heterocycles. The number of hydrogen-bond acceptors (Lipinski definition) is 1. The lowest BCUT2D eigenvalue weighted by Crippen LogP contribution is -2.36. The Labute approximate surface area is 99.5 Å². The van der Waals surface area contributed by atoms with Crippen LogP contribution in [0.15, 0.2) is 11.7 Å². The molecule has 1 rings (SSSR count). The van der Waals surface area contributed by atoms with E-state index in [1.165, 1.54) is 0 Å². The molecule has 0 amide bonds. The van der Waals surface area contributed by atoms with Gasteiger partial charge >= 0.3 is 0 Å². The molecule has 0 spiro atoms. The highest BCUT2D eigenvalue weighted by atomic mass is 19.3. The van der Waals surface area contributed by atoms with Gasteiger partial charge in [0.2, 0.25) is 0 Å². The monoisotopic (exact) mass is 235 g/mol. The maximum absolute atomic E-state index is 12.2. The molecular weight excluding hydrogens is 208 g/mol. The van der Waals surface area contributed by atoms with Gasteiger partial charge < -0.3 is 0 Å². The second-order valence-corrected chi connectivity index (χ2v) is 3.75. The standard InChI is InChI=1S/C9H15F2N.2C2H6/c1-4-9(2)5-7(8(10)11)6-12(9)3;2*1-2/h4-6H2,1-3H3;2*1-2H3/t9-;;/m1../s1. The van der Waals surface area contributed by atoms with Crippen molar-refractivity contribution in [2.45, 2.75) is 59.9 Å². The van der Waals surface area contributed by atoms with Gasteiger partial charge in [-0.05, 0) is 26.8 Å². The second kappa shape index (κ2) is 8.68. The summed E-state index contributed by atoms with van der Waals surface area (Å²) in [6.07, 6.45) is -0.0539. The molecule has 1 fully saturated rings. The van der Waals surface area contributed by atoms with Crippen LogP contribution in [0.4, 0.5) is 8.78 Å². The number of halogens is 2. The maximum Gasteiger partial charge on any atom is 0.270 e. The first kappa shape index (κ1) is 17.9. The van der Waals surface area contributed by atoms with Crippen LogP contribution >= 0.6 is 0 Å². The Balaban J connectivity index is 0. The molecule has 1 aliphatic heterocycles. The van der Waals surface area contributed by atoms with Crippen molar-refractivity contribution in [3.8, 4) is 0 Å². The van der Waals surface area contributed by atoms with Gasteiger partial charge in [-0.25, -0.2) is 0 Å². The normalized spacial score (nSPS) is 24.2. The Morgan fingerprint density at radius 1 is 1.25 bits per heavy atom. The third kappa shape index (κ3) is 4.60. The molecule has 1 aliphatic rings. The van der Waals surface area contributed by atoms with Gasteiger partial charge in [0.15, 0.2) is 0 Å². The lowest BCUT2D eigenvalue weighted by molar-refractivity contribution is 0.189. The molecule has 0 bridgehead atoms. The summed E-state index contributed by atoms with van der Waals surface area (Å²) in [7, 11) is 1.90. The molecule has 98 valence electrons. The summed E-state index contributed by atoms with van der Waals surface area (Å²) >= 11 is 0. The topological polar surface area (TPSA) is 3.24 Å². The molecule has 1 nitrogen and oxygen atoms in total. The number of likely N-dealkylation sites (N-methyl/N-ethyl adjacent to an activating group) is 1. The predicted molar refractivity (Wildman–Crippen MR) is 67.9 cm³/mol. The average Bonchev–Trinajstić information content (AvgIpc) is 2.62. The van der Waals surface area contributed by atoms with E-state index in [2.05, 4.69) is 0 Å². The van der Waals surface area contributed by atoms with Crippen molar-refractivity contribution < 1.29 is 8.78 Å². The van der Waals surface area contributed by atoms with E-state index >= 15 is 0 Å². The van der Waals surface area contributed by atoms with Gasteiger partial charge in [0, 0.05) is 17.7 Å². The molecule has 0 radical (unpaired) electrons. The summed E-state index contributed by atoms with van der Waals surface area (Å²) in [6, 6.07) is 0. The number of likely N-dealkylation sites (tertiary alicyclic amines) is 1. The molecule has 0 aromatic rings. The second-order valence-electron chi connectivity index (χ2n) is 3.75. The summed E-state index contributed by atoms with van der Waals surface area (Å²) in [5.41, 5.74) is 0.250. The SMILES string of the molecule is CC.CC.CC[C@]1(C)CC(=C(F)F)CN1C. The highest BCUT2D eigenvalue weighted by Gasteiger charge is 2.36. The minimum absolute atomic E-state index is 0.0568. The Morgan fingerprint density at radius 3 is 1.88 bits per heavy atom. The summed E-state index contributed by atoms with van der Waals surface area (Å²) in [5.74, 6) is 0. The van der Waals surface area contributed by atoms with E-state index < -0.39 is 6.08 Å². The van der Waals surface area contributed by atoms with E-state index in [1.54, 1.807) is 0 Å². The minimum atomic E-state index is -1.49. The fraction of sp³-hybridized carbons (Fsp3) is 0.846. The zero-order valence-corrected chi connectivity index (χ0v) is 11.8. The number of rotatable bonds is 1. The summed E-state index contributed by atoms with van der Waals surface area (Å²) in [4.78, 5) is 2.00. The van der Waals surface area contributed by atoms with Crippen LogP contribution < -0.4 is 0 Å². The van der Waals surface area contributed by atoms with Gasteiger partial charge in [0.1, 0.15) is 0 Å². The highest BCUT2D eigenvalue weighted by Crippen LogP contribution is 2.35. The molecule has 1 saturated heterocycles. The number of hydrogen-bond donors (Lipinski definition) is 0. The smallest absolute Gasteiger partial charge is 0.270 e. The van der Waals surface area contributed by atoms with Crippen molar-refractivity contribution in [1.82, 2.24) is 4.90 Å². The predicted octanol–water partition coefficient (Wildman–Crippen LogP) is 4.69. The lowest BCUT2D eigenvalue weighted by atomic mass is 9.95. The zero-order valence-electron chi connectivity index (χ0n) is 11.8. The molecule has 0 aromatic heterocycles.